The van der Waals surface area contributed by atoms with Crippen molar-refractivity contribution in [3.63, 3.8) is 0 Å². The van der Waals surface area contributed by atoms with Gasteiger partial charge in [-0.25, -0.2) is 0 Å². The molecule has 0 bridgehead atoms. The van der Waals surface area contributed by atoms with Crippen molar-refractivity contribution in [1.82, 2.24) is 4.98 Å². The fourth-order valence-corrected chi connectivity index (χ4v) is 6.93. The minimum Gasteiger partial charge on any atom is -0.354 e. The van der Waals surface area contributed by atoms with Crippen LogP contribution >= 0.6 is 0 Å². The van der Waals surface area contributed by atoms with Gasteiger partial charge in [0.2, 0.25) is 0 Å². The molecular weight excluding hydrogens is 518 g/mol. The predicted molar refractivity (Wildman–Crippen MR) is 185 cm³/mol. The number of nitrogens with one attached hydrogen (secondary N) is 1. The summed E-state index contributed by atoms with van der Waals surface area (Å²) < 4.78 is 0. The smallest absolute Gasteiger partial charge is 0.0544 e. The molecule has 0 fully saturated rings. The SMILES string of the molecule is c1ccc(-c2cc(-c3cccc(-c4ccc5c6ccccc6c6ccccc6c5c4)c3)c3[nH]c4ccccc4c3c2)cc1. The number of hydrogen-bond acceptors (Lipinski definition) is 0. The molecule has 43 heavy (non-hydrogen) atoms. The number of aromatic amines is 1. The van der Waals surface area contributed by atoms with Gasteiger partial charge in [-0.05, 0) is 90.5 Å². The molecule has 0 aliphatic rings. The van der Waals surface area contributed by atoms with Gasteiger partial charge in [-0.15, -0.1) is 0 Å². The van der Waals surface area contributed by atoms with E-state index in [4.69, 9.17) is 0 Å². The zero-order chi connectivity index (χ0) is 28.3. The van der Waals surface area contributed by atoms with E-state index in [1.165, 1.54) is 82.0 Å². The largest absolute Gasteiger partial charge is 0.354 e. The molecule has 0 radical (unpaired) electrons. The van der Waals surface area contributed by atoms with E-state index >= 15 is 0 Å². The Balaban J connectivity index is 1.27. The van der Waals surface area contributed by atoms with Gasteiger partial charge in [-0.2, -0.15) is 0 Å². The molecule has 0 atom stereocenters. The summed E-state index contributed by atoms with van der Waals surface area (Å²) in [5.41, 5.74) is 9.64. The van der Waals surface area contributed by atoms with E-state index in [-0.39, 0.29) is 0 Å². The number of fused-ring (bicyclic) bond motifs is 9. The van der Waals surface area contributed by atoms with Gasteiger partial charge in [0.1, 0.15) is 0 Å². The number of hydrogen-bond donors (Lipinski definition) is 1. The van der Waals surface area contributed by atoms with Crippen molar-refractivity contribution in [3.8, 4) is 33.4 Å². The molecule has 0 unspecified atom stereocenters. The van der Waals surface area contributed by atoms with Crippen LogP contribution in [0.3, 0.4) is 0 Å². The van der Waals surface area contributed by atoms with Gasteiger partial charge in [-0.1, -0.05) is 127 Å². The van der Waals surface area contributed by atoms with E-state index in [0.717, 1.165) is 5.52 Å². The van der Waals surface area contributed by atoms with Gasteiger partial charge < -0.3 is 4.98 Å². The monoisotopic (exact) mass is 545 g/mol. The molecule has 9 aromatic rings. The second-order valence-electron chi connectivity index (χ2n) is 11.4. The highest BCUT2D eigenvalue weighted by atomic mass is 14.7. The number of aromatic nitrogens is 1. The summed E-state index contributed by atoms with van der Waals surface area (Å²) in [4.78, 5) is 3.74. The minimum absolute atomic E-state index is 1.16. The van der Waals surface area contributed by atoms with E-state index in [0.29, 0.717) is 0 Å². The van der Waals surface area contributed by atoms with Crippen LogP contribution in [0.2, 0.25) is 0 Å². The Hall–Kier alpha value is -5.66. The van der Waals surface area contributed by atoms with Gasteiger partial charge in [0, 0.05) is 21.9 Å². The number of H-pyrrole nitrogens is 1. The standard InChI is InChI=1S/C42H27N/c1-2-11-27(12-3-1)31-25-38(42-40(26-31)37-19-8-9-20-41(37)43-42)30-14-10-13-28(23-30)29-21-22-36-34-17-5-4-15-32(34)33-16-6-7-18-35(33)39(36)24-29/h1-26,43H. The first kappa shape index (κ1) is 24.0. The third kappa shape index (κ3) is 3.79. The van der Waals surface area contributed by atoms with Crippen molar-refractivity contribution in [1.29, 1.82) is 0 Å². The molecule has 1 heteroatoms. The molecule has 1 N–H and O–H groups in total. The highest BCUT2D eigenvalue weighted by Crippen LogP contribution is 2.40. The first-order valence-electron chi connectivity index (χ1n) is 14.9. The van der Waals surface area contributed by atoms with Gasteiger partial charge in [-0.3, -0.25) is 0 Å². The molecule has 0 aliphatic carbocycles. The van der Waals surface area contributed by atoms with Crippen LogP contribution in [0.1, 0.15) is 0 Å². The average molecular weight is 546 g/mol. The second kappa shape index (κ2) is 9.44. The maximum Gasteiger partial charge on any atom is 0.0544 e. The molecule has 0 amide bonds. The van der Waals surface area contributed by atoms with Crippen molar-refractivity contribution >= 4 is 54.1 Å². The van der Waals surface area contributed by atoms with E-state index in [9.17, 15) is 0 Å². The molecule has 8 aromatic carbocycles. The first-order valence-corrected chi connectivity index (χ1v) is 14.9. The lowest BCUT2D eigenvalue weighted by Gasteiger charge is -2.13. The second-order valence-corrected chi connectivity index (χ2v) is 11.4. The van der Waals surface area contributed by atoms with Crippen molar-refractivity contribution in [2.24, 2.45) is 0 Å². The Labute approximate surface area is 249 Å². The maximum absolute atomic E-state index is 3.74. The van der Waals surface area contributed by atoms with Gasteiger partial charge in [0.25, 0.3) is 0 Å². The third-order valence-corrected chi connectivity index (χ3v) is 8.97. The predicted octanol–water partition coefficient (Wildman–Crippen LogP) is 11.8. The number of benzene rings is 8. The molecule has 1 nitrogen and oxygen atoms in total. The summed E-state index contributed by atoms with van der Waals surface area (Å²) in [7, 11) is 0. The van der Waals surface area contributed by atoms with Gasteiger partial charge >= 0.3 is 0 Å². The molecule has 200 valence electrons. The Morgan fingerprint density at radius 1 is 0.279 bits per heavy atom. The van der Waals surface area contributed by atoms with Crippen molar-refractivity contribution < 1.29 is 0 Å². The highest BCUT2D eigenvalue weighted by Gasteiger charge is 2.14. The van der Waals surface area contributed by atoms with E-state index in [1.807, 2.05) is 0 Å². The average Bonchev–Trinajstić information content (AvgIpc) is 3.47. The van der Waals surface area contributed by atoms with Gasteiger partial charge in [0.15, 0.2) is 0 Å². The molecule has 0 saturated carbocycles. The Morgan fingerprint density at radius 3 is 1.56 bits per heavy atom. The molecule has 0 saturated heterocycles. The molecule has 9 rings (SSSR count). The highest BCUT2D eigenvalue weighted by molar-refractivity contribution is 6.25. The van der Waals surface area contributed by atoms with E-state index < -0.39 is 0 Å². The molecule has 0 spiro atoms. The van der Waals surface area contributed by atoms with Crippen LogP contribution in [0, 0.1) is 0 Å². The summed E-state index contributed by atoms with van der Waals surface area (Å²) in [6.07, 6.45) is 0. The maximum atomic E-state index is 3.74. The van der Waals surface area contributed by atoms with Crippen LogP contribution in [0.15, 0.2) is 158 Å². The fourth-order valence-electron chi connectivity index (χ4n) is 6.93. The lowest BCUT2D eigenvalue weighted by atomic mass is 9.91. The normalized spacial score (nSPS) is 11.7. The lowest BCUT2D eigenvalue weighted by molar-refractivity contribution is 1.53. The molecule has 1 aromatic heterocycles. The Bertz CT molecular complexity index is 2460. The molecule has 1 heterocycles. The minimum atomic E-state index is 1.16. The summed E-state index contributed by atoms with van der Waals surface area (Å²) in [5, 5.41) is 10.3. The van der Waals surface area contributed by atoms with Crippen LogP contribution in [-0.4, -0.2) is 4.98 Å². The number of rotatable bonds is 3. The zero-order valence-electron chi connectivity index (χ0n) is 23.5. The quantitative estimate of drug-likeness (QED) is 0.213. The Morgan fingerprint density at radius 2 is 0.814 bits per heavy atom. The van der Waals surface area contributed by atoms with Crippen LogP contribution < -0.4 is 0 Å². The fraction of sp³-hybridized carbons (Fsp3) is 0. The summed E-state index contributed by atoms with van der Waals surface area (Å²) in [6.45, 7) is 0. The van der Waals surface area contributed by atoms with Gasteiger partial charge in [0.05, 0.1) is 5.52 Å². The lowest BCUT2D eigenvalue weighted by Crippen LogP contribution is -1.87. The van der Waals surface area contributed by atoms with Crippen molar-refractivity contribution in [2.45, 2.75) is 0 Å². The van der Waals surface area contributed by atoms with Crippen LogP contribution in [0.25, 0.3) is 87.5 Å². The van der Waals surface area contributed by atoms with E-state index in [1.54, 1.807) is 0 Å². The van der Waals surface area contributed by atoms with Crippen molar-refractivity contribution in [3.05, 3.63) is 158 Å². The van der Waals surface area contributed by atoms with Crippen LogP contribution in [-0.2, 0) is 0 Å². The van der Waals surface area contributed by atoms with Crippen LogP contribution in [0.4, 0.5) is 0 Å². The third-order valence-electron chi connectivity index (χ3n) is 8.97. The summed E-state index contributed by atoms with van der Waals surface area (Å²) in [5.74, 6) is 0. The number of para-hydroxylation sites is 1. The molecular formula is C42H27N. The molecule has 0 aliphatic heterocycles. The van der Waals surface area contributed by atoms with E-state index in [2.05, 4.69) is 163 Å². The van der Waals surface area contributed by atoms with Crippen molar-refractivity contribution in [2.75, 3.05) is 0 Å². The zero-order valence-corrected chi connectivity index (χ0v) is 23.5. The summed E-state index contributed by atoms with van der Waals surface area (Å²) >= 11 is 0. The van der Waals surface area contributed by atoms with Crippen LogP contribution in [0.5, 0.6) is 0 Å². The Kier molecular flexibility index (Phi) is 5.27. The summed E-state index contributed by atoms with van der Waals surface area (Å²) in [6, 6.07) is 57.5. The topological polar surface area (TPSA) is 15.8 Å². The first-order chi connectivity index (χ1) is 21.3.